The van der Waals surface area contributed by atoms with Gasteiger partial charge in [0.2, 0.25) is 0 Å². The number of nitrogens with zero attached hydrogens (tertiary/aromatic N) is 1. The smallest absolute Gasteiger partial charge is 0.351 e. The van der Waals surface area contributed by atoms with Gasteiger partial charge in [0.1, 0.15) is 9.88 Å². The van der Waals surface area contributed by atoms with Crippen molar-refractivity contribution in [3.05, 3.63) is 32.1 Å². The first kappa shape index (κ1) is 20.5. The van der Waals surface area contributed by atoms with Crippen LogP contribution in [0.4, 0.5) is 5.00 Å². The molecule has 0 fully saturated rings. The molecule has 2 aromatic heterocycles. The number of thiazole rings is 1. The van der Waals surface area contributed by atoms with E-state index in [0.717, 1.165) is 36.1 Å². The molecule has 1 N–H and O–H groups in total. The predicted molar refractivity (Wildman–Crippen MR) is 107 cm³/mol. The molecule has 1 aliphatic carbocycles. The number of hydrogen-bond donors (Lipinski definition) is 1. The van der Waals surface area contributed by atoms with Crippen molar-refractivity contribution >= 4 is 45.5 Å². The van der Waals surface area contributed by atoms with Crippen molar-refractivity contribution in [2.45, 2.75) is 52.6 Å². The molecule has 2 aromatic rings. The number of hydrogen-bond acceptors (Lipinski definition) is 8. The van der Waals surface area contributed by atoms with Gasteiger partial charge in [0.25, 0.3) is 5.91 Å². The van der Waals surface area contributed by atoms with Crippen molar-refractivity contribution < 1.29 is 23.9 Å². The Kier molecular flexibility index (Phi) is 6.46. The highest BCUT2D eigenvalue weighted by Crippen LogP contribution is 2.38. The zero-order valence-corrected chi connectivity index (χ0v) is 17.6. The molecule has 1 unspecified atom stereocenters. The first-order valence-corrected chi connectivity index (χ1v) is 10.9. The van der Waals surface area contributed by atoms with Crippen LogP contribution in [0, 0.1) is 6.92 Å². The van der Waals surface area contributed by atoms with Gasteiger partial charge < -0.3 is 14.8 Å². The van der Waals surface area contributed by atoms with Crippen molar-refractivity contribution in [3.63, 3.8) is 0 Å². The van der Waals surface area contributed by atoms with E-state index in [1.54, 1.807) is 19.4 Å². The van der Waals surface area contributed by atoms with Crippen molar-refractivity contribution in [1.29, 1.82) is 0 Å². The lowest BCUT2D eigenvalue weighted by Crippen LogP contribution is -2.30. The molecule has 0 aliphatic heterocycles. The molecule has 7 nitrogen and oxygen atoms in total. The maximum Gasteiger partial charge on any atom is 0.351 e. The van der Waals surface area contributed by atoms with Crippen LogP contribution in [0.2, 0.25) is 0 Å². The minimum atomic E-state index is -1.01. The van der Waals surface area contributed by atoms with Gasteiger partial charge >= 0.3 is 11.9 Å². The molecule has 9 heteroatoms. The molecule has 3 rings (SSSR count). The van der Waals surface area contributed by atoms with E-state index in [9.17, 15) is 14.4 Å². The second kappa shape index (κ2) is 8.83. The van der Waals surface area contributed by atoms with Crippen LogP contribution in [0.1, 0.15) is 62.9 Å². The van der Waals surface area contributed by atoms with Gasteiger partial charge in [-0.15, -0.1) is 22.7 Å². The van der Waals surface area contributed by atoms with Gasteiger partial charge in [-0.25, -0.2) is 14.6 Å². The highest BCUT2D eigenvalue weighted by Gasteiger charge is 2.29. The monoisotopic (exact) mass is 422 g/mol. The number of anilines is 1. The van der Waals surface area contributed by atoms with Crippen LogP contribution in [0.5, 0.6) is 0 Å². The third-order valence-electron chi connectivity index (χ3n) is 4.47. The van der Waals surface area contributed by atoms with Crippen LogP contribution in [0.25, 0.3) is 0 Å². The Morgan fingerprint density at radius 2 is 2.00 bits per heavy atom. The second-order valence-corrected chi connectivity index (χ2v) is 8.40. The molecule has 0 spiro atoms. The Morgan fingerprint density at radius 1 is 1.25 bits per heavy atom. The summed E-state index contributed by atoms with van der Waals surface area (Å²) >= 11 is 2.57. The number of rotatable bonds is 6. The summed E-state index contributed by atoms with van der Waals surface area (Å²) in [7, 11) is 0. The lowest BCUT2D eigenvalue weighted by molar-refractivity contribution is -0.123. The molecule has 0 radical (unpaired) electrons. The van der Waals surface area contributed by atoms with Crippen LogP contribution in [0.15, 0.2) is 5.51 Å². The number of fused-ring (bicyclic) bond motifs is 1. The fourth-order valence-corrected chi connectivity index (χ4v) is 5.02. The molecule has 28 heavy (non-hydrogen) atoms. The van der Waals surface area contributed by atoms with Crippen LogP contribution in [0.3, 0.4) is 0 Å². The topological polar surface area (TPSA) is 94.6 Å². The van der Waals surface area contributed by atoms with Crippen LogP contribution >= 0.6 is 22.7 Å². The molecule has 1 amide bonds. The molecule has 0 saturated heterocycles. The number of carbonyl (C=O) groups excluding carboxylic acids is 3. The maximum absolute atomic E-state index is 12.6. The van der Waals surface area contributed by atoms with E-state index >= 15 is 0 Å². The second-order valence-electron chi connectivity index (χ2n) is 6.44. The molecule has 1 atom stereocenters. The van der Waals surface area contributed by atoms with Gasteiger partial charge in [0.05, 0.1) is 23.4 Å². The predicted octanol–water partition coefficient (Wildman–Crippen LogP) is 3.75. The highest BCUT2D eigenvalue weighted by atomic mass is 32.1. The van der Waals surface area contributed by atoms with E-state index < -0.39 is 23.9 Å². The number of aromatic nitrogens is 1. The van der Waals surface area contributed by atoms with Crippen molar-refractivity contribution in [2.75, 3.05) is 11.9 Å². The Labute approximate surface area is 171 Å². The zero-order valence-electron chi connectivity index (χ0n) is 16.0. The van der Waals surface area contributed by atoms with Gasteiger partial charge in [-0.05, 0) is 52.0 Å². The minimum Gasteiger partial charge on any atom is -0.462 e. The standard InChI is InChI=1S/C19H22N2O5S2/c1-4-25-18(23)14-12-7-5-6-8-13(12)28-17(14)21-16(22)11(3)26-19(24)15-10(2)20-9-27-15/h9,11H,4-8H2,1-3H3,(H,21,22). The summed E-state index contributed by atoms with van der Waals surface area (Å²) in [5.41, 5.74) is 3.53. The first-order chi connectivity index (χ1) is 13.4. The fraction of sp³-hybridized carbons (Fsp3) is 0.474. The number of ether oxygens (including phenoxy) is 2. The number of aryl methyl sites for hydroxylation is 2. The lowest BCUT2D eigenvalue weighted by Gasteiger charge is -2.14. The maximum atomic E-state index is 12.6. The highest BCUT2D eigenvalue weighted by molar-refractivity contribution is 7.17. The van der Waals surface area contributed by atoms with Crippen molar-refractivity contribution in [1.82, 2.24) is 4.98 Å². The Hall–Kier alpha value is -2.26. The van der Waals surface area contributed by atoms with E-state index in [1.165, 1.54) is 29.6 Å². The van der Waals surface area contributed by atoms with E-state index in [0.29, 0.717) is 21.1 Å². The van der Waals surface area contributed by atoms with Crippen molar-refractivity contribution in [2.24, 2.45) is 0 Å². The number of amides is 1. The summed E-state index contributed by atoms with van der Waals surface area (Å²) in [6, 6.07) is 0. The third-order valence-corrected chi connectivity index (χ3v) is 6.59. The van der Waals surface area contributed by atoms with E-state index in [-0.39, 0.29) is 6.61 Å². The summed E-state index contributed by atoms with van der Waals surface area (Å²) in [6.07, 6.45) is 2.74. The summed E-state index contributed by atoms with van der Waals surface area (Å²) in [5, 5.41) is 3.23. The molecule has 2 heterocycles. The molecule has 0 saturated carbocycles. The molecule has 1 aliphatic rings. The molecule has 0 aromatic carbocycles. The average Bonchev–Trinajstić information content (AvgIpc) is 3.24. The van der Waals surface area contributed by atoms with Crippen molar-refractivity contribution in [3.8, 4) is 0 Å². The van der Waals surface area contributed by atoms with Gasteiger partial charge in [-0.2, -0.15) is 0 Å². The Morgan fingerprint density at radius 3 is 2.68 bits per heavy atom. The van der Waals surface area contributed by atoms with Gasteiger partial charge in [0, 0.05) is 4.88 Å². The SMILES string of the molecule is CCOC(=O)c1c(NC(=O)C(C)OC(=O)c2scnc2C)sc2c1CCCC2. The quantitative estimate of drug-likeness (QED) is 0.713. The van der Waals surface area contributed by atoms with Crippen LogP contribution in [-0.4, -0.2) is 35.5 Å². The summed E-state index contributed by atoms with van der Waals surface area (Å²) < 4.78 is 10.5. The number of nitrogens with one attached hydrogen (secondary N) is 1. The Bertz CT molecular complexity index is 902. The summed E-state index contributed by atoms with van der Waals surface area (Å²) in [6.45, 7) is 5.22. The number of thiophene rings is 1. The summed E-state index contributed by atoms with van der Waals surface area (Å²) in [4.78, 5) is 42.8. The van der Waals surface area contributed by atoms with Gasteiger partial charge in [0.15, 0.2) is 6.10 Å². The fourth-order valence-electron chi connectivity index (χ4n) is 3.05. The minimum absolute atomic E-state index is 0.263. The van der Waals surface area contributed by atoms with Crippen LogP contribution in [-0.2, 0) is 27.1 Å². The van der Waals surface area contributed by atoms with E-state index in [2.05, 4.69) is 10.3 Å². The van der Waals surface area contributed by atoms with E-state index in [1.807, 2.05) is 0 Å². The first-order valence-electron chi connectivity index (χ1n) is 9.16. The number of carbonyl (C=O) groups is 3. The molecular weight excluding hydrogens is 400 g/mol. The van der Waals surface area contributed by atoms with Gasteiger partial charge in [-0.1, -0.05) is 0 Å². The van der Waals surface area contributed by atoms with Crippen LogP contribution < -0.4 is 5.32 Å². The van der Waals surface area contributed by atoms with Gasteiger partial charge in [-0.3, -0.25) is 4.79 Å². The lowest BCUT2D eigenvalue weighted by atomic mass is 9.95. The largest absolute Gasteiger partial charge is 0.462 e. The molecule has 0 bridgehead atoms. The molecule has 150 valence electrons. The zero-order chi connectivity index (χ0) is 20.3. The summed E-state index contributed by atoms with van der Waals surface area (Å²) in [5.74, 6) is -1.50. The van der Waals surface area contributed by atoms with E-state index in [4.69, 9.17) is 9.47 Å². The average molecular weight is 423 g/mol. The Balaban J connectivity index is 1.76. The third kappa shape index (κ3) is 4.25. The normalized spacial score (nSPS) is 14.1. The number of esters is 2. The molecular formula is C19H22N2O5S2.